The highest BCUT2D eigenvalue weighted by Gasteiger charge is 2.19. The molecule has 0 aromatic carbocycles. The number of hydrogen-bond acceptors (Lipinski definition) is 6. The third-order valence-electron chi connectivity index (χ3n) is 15.2. The van der Waals surface area contributed by atoms with Crippen molar-refractivity contribution in [1.82, 2.24) is 0 Å². The summed E-state index contributed by atoms with van der Waals surface area (Å²) in [6.45, 7) is 6.51. The van der Waals surface area contributed by atoms with Gasteiger partial charge in [-0.15, -0.1) is 0 Å². The first-order valence-electron chi connectivity index (χ1n) is 35.4. The second-order valence-corrected chi connectivity index (χ2v) is 23.4. The van der Waals surface area contributed by atoms with Crippen LogP contribution in [0.1, 0.15) is 342 Å². The van der Waals surface area contributed by atoms with Crippen LogP contribution in [0.15, 0.2) is 109 Å². The third kappa shape index (κ3) is 68.7. The number of carbonyl (C=O) groups excluding carboxylic acids is 3. The molecule has 0 heterocycles. The largest absolute Gasteiger partial charge is 0.462 e. The van der Waals surface area contributed by atoms with Gasteiger partial charge in [0, 0.05) is 19.3 Å². The van der Waals surface area contributed by atoms with Gasteiger partial charge in [-0.2, -0.15) is 0 Å². The minimum Gasteiger partial charge on any atom is -0.462 e. The van der Waals surface area contributed by atoms with Crippen molar-refractivity contribution in [3.63, 3.8) is 0 Å². The Labute approximate surface area is 514 Å². The lowest BCUT2D eigenvalue weighted by Gasteiger charge is -2.18. The molecule has 0 rings (SSSR count). The molecular weight excluding hydrogens is 1020 g/mol. The Morgan fingerprint density at radius 3 is 0.759 bits per heavy atom. The quantitative estimate of drug-likeness (QED) is 0.0261. The van der Waals surface area contributed by atoms with Gasteiger partial charge in [0.15, 0.2) is 6.10 Å². The van der Waals surface area contributed by atoms with Crippen LogP contribution in [0.2, 0.25) is 0 Å². The Morgan fingerprint density at radius 2 is 0.470 bits per heavy atom. The average molecular weight is 1150 g/mol. The van der Waals surface area contributed by atoms with Crippen LogP contribution in [0.5, 0.6) is 0 Å². The average Bonchev–Trinajstić information content (AvgIpc) is 3.49. The Morgan fingerprint density at radius 1 is 0.253 bits per heavy atom. The molecule has 0 spiro atoms. The smallest absolute Gasteiger partial charge is 0.306 e. The first kappa shape index (κ1) is 79.1. The molecule has 0 aromatic rings. The number of carbonyl (C=O) groups is 3. The summed E-state index contributed by atoms with van der Waals surface area (Å²) in [7, 11) is 0. The molecule has 0 amide bonds. The Bertz CT molecular complexity index is 1660. The van der Waals surface area contributed by atoms with Gasteiger partial charge >= 0.3 is 17.9 Å². The molecule has 0 bridgehead atoms. The van der Waals surface area contributed by atoms with E-state index in [9.17, 15) is 14.4 Å². The molecule has 0 aliphatic rings. The predicted molar refractivity (Wildman–Crippen MR) is 362 cm³/mol. The number of rotatable bonds is 64. The van der Waals surface area contributed by atoms with Gasteiger partial charge in [-0.05, 0) is 128 Å². The minimum atomic E-state index is -0.791. The molecule has 0 aliphatic carbocycles. The second-order valence-electron chi connectivity index (χ2n) is 23.4. The van der Waals surface area contributed by atoms with Crippen molar-refractivity contribution in [3.8, 4) is 0 Å². The van der Waals surface area contributed by atoms with Crippen molar-refractivity contribution in [2.75, 3.05) is 13.2 Å². The first-order valence-corrected chi connectivity index (χ1v) is 35.4. The predicted octanol–water partition coefficient (Wildman–Crippen LogP) is 24.6. The van der Waals surface area contributed by atoms with Gasteiger partial charge in [0.1, 0.15) is 13.2 Å². The van der Waals surface area contributed by atoms with Crippen molar-refractivity contribution in [1.29, 1.82) is 0 Å². The van der Waals surface area contributed by atoms with E-state index in [0.717, 1.165) is 116 Å². The lowest BCUT2D eigenvalue weighted by Crippen LogP contribution is -2.30. The van der Waals surface area contributed by atoms with E-state index in [0.29, 0.717) is 19.3 Å². The van der Waals surface area contributed by atoms with E-state index in [2.05, 4.69) is 130 Å². The minimum absolute atomic E-state index is 0.0848. The molecule has 0 aliphatic heterocycles. The van der Waals surface area contributed by atoms with Crippen LogP contribution >= 0.6 is 0 Å². The van der Waals surface area contributed by atoms with Crippen LogP contribution in [-0.4, -0.2) is 37.2 Å². The van der Waals surface area contributed by atoms with Gasteiger partial charge in [0.2, 0.25) is 0 Å². The molecule has 0 saturated heterocycles. The van der Waals surface area contributed by atoms with Crippen LogP contribution < -0.4 is 0 Å². The van der Waals surface area contributed by atoms with Crippen molar-refractivity contribution < 1.29 is 28.6 Å². The SMILES string of the molecule is CC/C=C\C/C=C\C/C=C\C/C=C\C/C=C\CCCCCCCCCC(=O)OC(COC(=O)CCCCCCC/C=C\CCCCCC)COC(=O)CCCCCCCCCCCCCCCC/C=C\C/C=C\C/C=C\CCCCCCC. The Balaban J connectivity index is 4.29. The van der Waals surface area contributed by atoms with Crippen LogP contribution in [0.4, 0.5) is 0 Å². The summed E-state index contributed by atoms with van der Waals surface area (Å²) in [4.78, 5) is 38.4. The van der Waals surface area contributed by atoms with E-state index >= 15 is 0 Å². The highest BCUT2D eigenvalue weighted by Crippen LogP contribution is 2.17. The molecule has 1 atom stereocenters. The standard InChI is InChI=1S/C77H132O6/c1-4-7-10-13-16-19-22-25-27-29-31-33-35-36-37-38-39-40-42-43-45-47-49-52-55-58-61-64-67-70-76(79)82-73-74(72-81-75(78)69-66-63-60-57-54-51-24-21-18-15-12-9-6-3)83-77(80)71-68-65-62-59-56-53-50-48-46-44-41-34-32-30-28-26-23-20-17-14-11-8-5-2/h8,11,17,20-22,24-26,28-29,31-32,34-36,44,46,74H,4-7,9-10,12-16,18-19,23,27,30,33,37-43,45,47-73H2,1-3H3/b11-8-,20-17-,24-21-,25-22-,28-26-,31-29-,34-32-,36-35-,46-44-. The van der Waals surface area contributed by atoms with Gasteiger partial charge in [-0.1, -0.05) is 304 Å². The van der Waals surface area contributed by atoms with Gasteiger partial charge < -0.3 is 14.2 Å². The maximum atomic E-state index is 13.0. The topological polar surface area (TPSA) is 78.9 Å². The highest BCUT2D eigenvalue weighted by molar-refractivity contribution is 5.71. The fourth-order valence-corrected chi connectivity index (χ4v) is 9.94. The zero-order valence-corrected chi connectivity index (χ0v) is 54.7. The summed E-state index contributed by atoms with van der Waals surface area (Å²) < 4.78 is 17.0. The Kier molecular flexibility index (Phi) is 67.2. The van der Waals surface area contributed by atoms with Crippen molar-refractivity contribution >= 4 is 17.9 Å². The highest BCUT2D eigenvalue weighted by atomic mass is 16.6. The first-order chi connectivity index (χ1) is 41.0. The molecule has 83 heavy (non-hydrogen) atoms. The van der Waals surface area contributed by atoms with Gasteiger partial charge in [-0.25, -0.2) is 0 Å². The van der Waals surface area contributed by atoms with E-state index in [-0.39, 0.29) is 31.1 Å². The molecule has 0 radical (unpaired) electrons. The maximum absolute atomic E-state index is 13.0. The Hall–Kier alpha value is -3.93. The van der Waals surface area contributed by atoms with Gasteiger partial charge in [0.05, 0.1) is 0 Å². The number of unbranched alkanes of at least 4 members (excludes halogenated alkanes) is 35. The molecule has 0 saturated carbocycles. The number of hydrogen-bond donors (Lipinski definition) is 0. The normalized spacial score (nSPS) is 12.8. The lowest BCUT2D eigenvalue weighted by molar-refractivity contribution is -0.167. The monoisotopic (exact) mass is 1150 g/mol. The summed E-state index contributed by atoms with van der Waals surface area (Å²) in [5, 5.41) is 0. The summed E-state index contributed by atoms with van der Waals surface area (Å²) in [6.07, 6.45) is 96.8. The fraction of sp³-hybridized carbons (Fsp3) is 0.727. The number of allylic oxidation sites excluding steroid dienone is 18. The summed E-state index contributed by atoms with van der Waals surface area (Å²) in [5.74, 6) is -0.894. The summed E-state index contributed by atoms with van der Waals surface area (Å²) in [6, 6.07) is 0. The van der Waals surface area contributed by atoms with E-state index < -0.39 is 6.10 Å². The van der Waals surface area contributed by atoms with Crippen LogP contribution in [0.3, 0.4) is 0 Å². The maximum Gasteiger partial charge on any atom is 0.306 e. The van der Waals surface area contributed by atoms with Gasteiger partial charge in [0.25, 0.3) is 0 Å². The zero-order chi connectivity index (χ0) is 59.9. The van der Waals surface area contributed by atoms with Crippen LogP contribution in [-0.2, 0) is 28.6 Å². The van der Waals surface area contributed by atoms with E-state index in [1.165, 1.54) is 186 Å². The molecule has 0 N–H and O–H groups in total. The molecule has 6 heteroatoms. The molecule has 0 aromatic heterocycles. The molecule has 1 unspecified atom stereocenters. The van der Waals surface area contributed by atoms with Crippen LogP contribution in [0, 0.1) is 0 Å². The van der Waals surface area contributed by atoms with Crippen molar-refractivity contribution in [2.45, 2.75) is 348 Å². The van der Waals surface area contributed by atoms with Crippen molar-refractivity contribution in [2.24, 2.45) is 0 Å². The number of esters is 3. The molecule has 476 valence electrons. The molecule has 6 nitrogen and oxygen atoms in total. The number of ether oxygens (including phenoxy) is 3. The van der Waals surface area contributed by atoms with Crippen LogP contribution in [0.25, 0.3) is 0 Å². The second kappa shape index (κ2) is 70.6. The lowest BCUT2D eigenvalue weighted by atomic mass is 10.0. The fourth-order valence-electron chi connectivity index (χ4n) is 9.94. The molecular formula is C77H132O6. The van der Waals surface area contributed by atoms with E-state index in [4.69, 9.17) is 14.2 Å². The third-order valence-corrected chi connectivity index (χ3v) is 15.2. The summed E-state index contributed by atoms with van der Waals surface area (Å²) >= 11 is 0. The zero-order valence-electron chi connectivity index (χ0n) is 54.7. The van der Waals surface area contributed by atoms with Crippen molar-refractivity contribution in [3.05, 3.63) is 109 Å². The van der Waals surface area contributed by atoms with E-state index in [1.54, 1.807) is 0 Å². The summed E-state index contributed by atoms with van der Waals surface area (Å²) in [5.41, 5.74) is 0. The molecule has 0 fully saturated rings. The van der Waals surface area contributed by atoms with Gasteiger partial charge in [-0.3, -0.25) is 14.4 Å². The van der Waals surface area contributed by atoms with E-state index in [1.807, 2.05) is 0 Å².